The summed E-state index contributed by atoms with van der Waals surface area (Å²) in [6.07, 6.45) is 1.43. The van der Waals surface area contributed by atoms with Gasteiger partial charge >= 0.3 is 51.4 Å². The van der Waals surface area contributed by atoms with E-state index in [9.17, 15) is 0 Å². The molecule has 0 saturated heterocycles. The van der Waals surface area contributed by atoms with Crippen molar-refractivity contribution < 1.29 is 5.11 Å². The molecule has 0 aromatic heterocycles. The van der Waals surface area contributed by atoms with Crippen LogP contribution in [-0.4, -0.2) is 63.1 Å². The molecule has 0 unspecified atom stereocenters. The summed E-state index contributed by atoms with van der Waals surface area (Å²) in [5.41, 5.74) is 0. The standard InChI is InChI=1S/C3H6O.K.H/c1-2-3-4;;/h2,4H,1,3H2;;. The quantitative estimate of drug-likeness (QED) is 0.347. The van der Waals surface area contributed by atoms with E-state index in [1.165, 1.54) is 6.08 Å². The maximum atomic E-state index is 7.76. The van der Waals surface area contributed by atoms with Gasteiger partial charge < -0.3 is 5.11 Å². The fourth-order valence-corrected chi connectivity index (χ4v) is 0. The van der Waals surface area contributed by atoms with Crippen molar-refractivity contribution in [2.75, 3.05) is 6.61 Å². The fourth-order valence-electron chi connectivity index (χ4n) is 0. The van der Waals surface area contributed by atoms with Crippen molar-refractivity contribution in [3.63, 3.8) is 0 Å². The van der Waals surface area contributed by atoms with Gasteiger partial charge in [0.15, 0.2) is 0 Å². The van der Waals surface area contributed by atoms with E-state index in [1.54, 1.807) is 0 Å². The topological polar surface area (TPSA) is 20.2 Å². The molecule has 0 amide bonds. The average molecular weight is 98.2 g/mol. The molecule has 0 saturated carbocycles. The molecule has 2 heteroatoms. The molecule has 0 radical (unpaired) electrons. The van der Waals surface area contributed by atoms with Gasteiger partial charge in [0.25, 0.3) is 0 Å². The third-order valence-corrected chi connectivity index (χ3v) is 0.129. The number of aliphatic hydroxyl groups is 1. The maximum absolute atomic E-state index is 7.76. The normalized spacial score (nSPS) is 5.00. The van der Waals surface area contributed by atoms with E-state index in [0.717, 1.165) is 0 Å². The van der Waals surface area contributed by atoms with Crippen molar-refractivity contribution in [2.45, 2.75) is 0 Å². The molecule has 0 aliphatic rings. The molecule has 0 aromatic rings. The van der Waals surface area contributed by atoms with Crippen molar-refractivity contribution in [2.24, 2.45) is 0 Å². The summed E-state index contributed by atoms with van der Waals surface area (Å²) in [5.74, 6) is 0. The van der Waals surface area contributed by atoms with Crippen LogP contribution in [0.5, 0.6) is 0 Å². The molecule has 0 bridgehead atoms. The van der Waals surface area contributed by atoms with Gasteiger partial charge in [-0.1, -0.05) is 6.08 Å². The van der Waals surface area contributed by atoms with Crippen LogP contribution in [0, 0.1) is 0 Å². The second-order valence-electron chi connectivity index (χ2n) is 0.471. The Morgan fingerprint density at radius 2 is 2.00 bits per heavy atom. The number of hydrogen-bond donors (Lipinski definition) is 1. The molecule has 0 atom stereocenters. The zero-order valence-electron chi connectivity index (χ0n) is 2.44. The van der Waals surface area contributed by atoms with Crippen LogP contribution in [0.1, 0.15) is 0 Å². The van der Waals surface area contributed by atoms with Crippen LogP contribution in [-0.2, 0) is 0 Å². The predicted molar refractivity (Wildman–Crippen MR) is 24.4 cm³/mol. The first kappa shape index (κ1) is 9.60. The van der Waals surface area contributed by atoms with Gasteiger partial charge in [0.2, 0.25) is 0 Å². The van der Waals surface area contributed by atoms with Crippen LogP contribution in [0.25, 0.3) is 0 Å². The first-order valence-electron chi connectivity index (χ1n) is 1.13. The molecular formula is C3H7KO. The van der Waals surface area contributed by atoms with E-state index in [4.69, 9.17) is 5.11 Å². The number of rotatable bonds is 1. The van der Waals surface area contributed by atoms with Gasteiger partial charge in [-0.25, -0.2) is 0 Å². The third-order valence-electron chi connectivity index (χ3n) is 0.129. The summed E-state index contributed by atoms with van der Waals surface area (Å²) >= 11 is 0. The Labute approximate surface area is 74.5 Å². The van der Waals surface area contributed by atoms with E-state index in [1.807, 2.05) is 0 Å². The molecular weight excluding hydrogens is 91.1 g/mol. The van der Waals surface area contributed by atoms with Crippen LogP contribution in [0.4, 0.5) is 0 Å². The summed E-state index contributed by atoms with van der Waals surface area (Å²) in [7, 11) is 0. The monoisotopic (exact) mass is 98.0 g/mol. The molecule has 5 heavy (non-hydrogen) atoms. The van der Waals surface area contributed by atoms with Gasteiger partial charge in [-0.3, -0.25) is 0 Å². The summed E-state index contributed by atoms with van der Waals surface area (Å²) in [6.45, 7) is 3.31. The van der Waals surface area contributed by atoms with E-state index < -0.39 is 0 Å². The average Bonchev–Trinajstić information content (AvgIpc) is 1.37. The predicted octanol–water partition coefficient (Wildman–Crippen LogP) is -0.484. The molecule has 0 aromatic carbocycles. The molecule has 1 nitrogen and oxygen atoms in total. The molecule has 0 aliphatic carbocycles. The van der Waals surface area contributed by atoms with E-state index >= 15 is 0 Å². The summed E-state index contributed by atoms with van der Waals surface area (Å²) in [5, 5.41) is 7.76. The molecule has 0 aliphatic heterocycles. The van der Waals surface area contributed by atoms with Crippen molar-refractivity contribution in [3.8, 4) is 0 Å². The van der Waals surface area contributed by atoms with Gasteiger partial charge in [0.05, 0.1) is 6.61 Å². The van der Waals surface area contributed by atoms with Crippen LogP contribution in [0.2, 0.25) is 0 Å². The molecule has 0 fully saturated rings. The Bertz CT molecular complexity index is 20.9. The zero-order chi connectivity index (χ0) is 3.41. The van der Waals surface area contributed by atoms with Crippen molar-refractivity contribution in [3.05, 3.63) is 12.7 Å². The molecule has 0 spiro atoms. The minimum absolute atomic E-state index is 0. The summed E-state index contributed by atoms with van der Waals surface area (Å²) in [6, 6.07) is 0. The molecule has 26 valence electrons. The van der Waals surface area contributed by atoms with Crippen LogP contribution >= 0.6 is 0 Å². The SMILES string of the molecule is C=CCO.[KH]. The van der Waals surface area contributed by atoms with Crippen LogP contribution in [0.15, 0.2) is 12.7 Å². The Kier molecular flexibility index (Phi) is 17.3. The number of aliphatic hydroxyl groups excluding tert-OH is 1. The molecule has 0 heterocycles. The van der Waals surface area contributed by atoms with E-state index in [2.05, 4.69) is 6.58 Å². The molecule has 0 rings (SSSR count). The fraction of sp³-hybridized carbons (Fsp3) is 0.333. The summed E-state index contributed by atoms with van der Waals surface area (Å²) in [4.78, 5) is 0. The van der Waals surface area contributed by atoms with Gasteiger partial charge in [-0.05, 0) is 0 Å². The Morgan fingerprint density at radius 3 is 2.00 bits per heavy atom. The van der Waals surface area contributed by atoms with E-state index in [-0.39, 0.29) is 58.0 Å². The molecule has 1 N–H and O–H groups in total. The van der Waals surface area contributed by atoms with Gasteiger partial charge in [0.1, 0.15) is 0 Å². The number of hydrogen-bond acceptors (Lipinski definition) is 1. The van der Waals surface area contributed by atoms with E-state index in [0.29, 0.717) is 0 Å². The van der Waals surface area contributed by atoms with Crippen LogP contribution in [0.3, 0.4) is 0 Å². The van der Waals surface area contributed by atoms with Crippen molar-refractivity contribution in [1.29, 1.82) is 0 Å². The van der Waals surface area contributed by atoms with Gasteiger partial charge in [-0.15, -0.1) is 6.58 Å². The third kappa shape index (κ3) is 10.9. The van der Waals surface area contributed by atoms with Crippen molar-refractivity contribution in [1.82, 2.24) is 0 Å². The van der Waals surface area contributed by atoms with Crippen LogP contribution < -0.4 is 0 Å². The second kappa shape index (κ2) is 9.01. The second-order valence-corrected chi connectivity index (χ2v) is 0.471. The zero-order valence-corrected chi connectivity index (χ0v) is 2.44. The van der Waals surface area contributed by atoms with Crippen molar-refractivity contribution >= 4 is 51.4 Å². The Morgan fingerprint density at radius 1 is 1.80 bits per heavy atom. The first-order valence-corrected chi connectivity index (χ1v) is 1.13. The summed E-state index contributed by atoms with van der Waals surface area (Å²) < 4.78 is 0. The minimum atomic E-state index is 0. The Balaban J connectivity index is 0. The van der Waals surface area contributed by atoms with Gasteiger partial charge in [-0.2, -0.15) is 0 Å². The Hall–Kier alpha value is 1.34. The van der Waals surface area contributed by atoms with Gasteiger partial charge in [0, 0.05) is 0 Å². The first-order chi connectivity index (χ1) is 1.91.